The number of methoxy groups -OCH3 is 1. The first-order valence-electron chi connectivity index (χ1n) is 6.33. The monoisotopic (exact) mass is 279 g/mol. The molecular weight excluding hydrogens is 262 g/mol. The van der Waals surface area contributed by atoms with Gasteiger partial charge in [0, 0.05) is 13.5 Å². The minimum absolute atomic E-state index is 0.0218. The van der Waals surface area contributed by atoms with Crippen molar-refractivity contribution in [3.63, 3.8) is 0 Å². The maximum Gasteiger partial charge on any atom is 0.341 e. The topological polar surface area (TPSA) is 76.1 Å². The highest BCUT2D eigenvalue weighted by Crippen LogP contribution is 2.37. The predicted octanol–water partition coefficient (Wildman–Crippen LogP) is 1.54. The molecule has 6 nitrogen and oxygen atoms in total. The number of para-hydroxylation sites is 1. The largest absolute Gasteiger partial charge is 0.488 e. The first-order chi connectivity index (χ1) is 9.54. The second-order valence-corrected chi connectivity index (χ2v) is 4.65. The third-order valence-corrected chi connectivity index (χ3v) is 3.44. The first kappa shape index (κ1) is 14.2. The van der Waals surface area contributed by atoms with Gasteiger partial charge in [-0.25, -0.2) is 4.79 Å². The molecule has 1 aliphatic heterocycles. The van der Waals surface area contributed by atoms with Gasteiger partial charge in [0.15, 0.2) is 5.75 Å². The molecule has 0 amide bonds. The Balaban J connectivity index is 2.24. The lowest BCUT2D eigenvalue weighted by Gasteiger charge is -2.36. The summed E-state index contributed by atoms with van der Waals surface area (Å²) in [5, 5.41) is 8.75. The summed E-state index contributed by atoms with van der Waals surface area (Å²) in [6.07, 6.45) is 0.581. The van der Waals surface area contributed by atoms with E-state index in [0.29, 0.717) is 24.3 Å². The number of hydrogen-bond acceptors (Lipinski definition) is 5. The Labute approximate surface area is 116 Å². The van der Waals surface area contributed by atoms with Crippen molar-refractivity contribution in [3.8, 4) is 5.75 Å². The molecule has 0 bridgehead atoms. The normalized spacial score (nSPS) is 17.1. The van der Waals surface area contributed by atoms with Crippen molar-refractivity contribution >= 4 is 17.6 Å². The Hall–Kier alpha value is -2.24. The predicted molar refractivity (Wildman–Crippen MR) is 72.3 cm³/mol. The molecule has 1 heterocycles. The molecule has 1 atom stereocenters. The van der Waals surface area contributed by atoms with Crippen LogP contribution in [0.4, 0.5) is 5.69 Å². The third kappa shape index (κ3) is 2.68. The van der Waals surface area contributed by atoms with Crippen LogP contribution < -0.4 is 9.64 Å². The van der Waals surface area contributed by atoms with Gasteiger partial charge in [0.1, 0.15) is 12.2 Å². The Bertz CT molecular complexity index is 528. The number of likely N-dealkylation sites (N-methyl/N-ethyl adjacent to an activating group) is 1. The average Bonchev–Trinajstić information content (AvgIpc) is 2.45. The number of aliphatic carboxylic acids is 1. The summed E-state index contributed by atoms with van der Waals surface area (Å²) in [5.74, 6) is -0.778. The highest BCUT2D eigenvalue weighted by atomic mass is 16.5. The number of carboxylic acids is 1. The minimum Gasteiger partial charge on any atom is -0.488 e. The summed E-state index contributed by atoms with van der Waals surface area (Å²) >= 11 is 0. The number of carbonyl (C=O) groups excluding carboxylic acids is 1. The van der Waals surface area contributed by atoms with E-state index in [0.717, 1.165) is 5.69 Å². The van der Waals surface area contributed by atoms with Crippen LogP contribution in [-0.2, 0) is 9.53 Å². The number of hydrogen-bond donors (Lipinski definition) is 1. The van der Waals surface area contributed by atoms with Gasteiger partial charge in [-0.3, -0.25) is 4.79 Å². The molecule has 0 radical (unpaired) electrons. The van der Waals surface area contributed by atoms with Gasteiger partial charge in [-0.1, -0.05) is 6.07 Å². The fourth-order valence-electron chi connectivity index (χ4n) is 2.28. The van der Waals surface area contributed by atoms with Crippen LogP contribution in [0.25, 0.3) is 0 Å². The van der Waals surface area contributed by atoms with Crippen molar-refractivity contribution in [2.45, 2.75) is 18.9 Å². The summed E-state index contributed by atoms with van der Waals surface area (Å²) in [4.78, 5) is 24.3. The minimum atomic E-state index is -0.826. The van der Waals surface area contributed by atoms with Crippen molar-refractivity contribution in [1.29, 1.82) is 0 Å². The summed E-state index contributed by atoms with van der Waals surface area (Å²) < 4.78 is 10.4. The SMILES string of the molecule is COC(=O)c1cccc2c1OCC(CCC(=O)O)N2C. The number of carboxylic acid groups (broad SMARTS) is 1. The highest BCUT2D eigenvalue weighted by Gasteiger charge is 2.28. The van der Waals surface area contributed by atoms with Crippen LogP contribution in [0.5, 0.6) is 5.75 Å². The molecule has 1 aromatic carbocycles. The van der Waals surface area contributed by atoms with Crippen LogP contribution in [0.1, 0.15) is 23.2 Å². The van der Waals surface area contributed by atoms with Crippen molar-refractivity contribution in [2.24, 2.45) is 0 Å². The summed E-state index contributed by atoms with van der Waals surface area (Å²) in [7, 11) is 3.19. The summed E-state index contributed by atoms with van der Waals surface area (Å²) in [5.41, 5.74) is 1.16. The van der Waals surface area contributed by atoms with E-state index in [9.17, 15) is 9.59 Å². The van der Waals surface area contributed by atoms with Crippen LogP contribution in [0.15, 0.2) is 18.2 Å². The van der Waals surface area contributed by atoms with Gasteiger partial charge >= 0.3 is 11.9 Å². The molecular formula is C14H17NO5. The number of carbonyl (C=O) groups is 2. The van der Waals surface area contributed by atoms with Gasteiger partial charge in [0.2, 0.25) is 0 Å². The molecule has 0 fully saturated rings. The molecule has 1 unspecified atom stereocenters. The quantitative estimate of drug-likeness (QED) is 0.842. The zero-order chi connectivity index (χ0) is 14.7. The Morgan fingerprint density at radius 2 is 2.25 bits per heavy atom. The Kier molecular flexibility index (Phi) is 4.12. The van der Waals surface area contributed by atoms with Crippen molar-refractivity contribution in [2.75, 3.05) is 25.7 Å². The van der Waals surface area contributed by atoms with Crippen LogP contribution in [-0.4, -0.2) is 43.9 Å². The second kappa shape index (κ2) is 5.81. The van der Waals surface area contributed by atoms with Gasteiger partial charge in [-0.15, -0.1) is 0 Å². The van der Waals surface area contributed by atoms with E-state index in [2.05, 4.69) is 0 Å². The summed E-state index contributed by atoms with van der Waals surface area (Å²) in [6, 6.07) is 5.22. The Morgan fingerprint density at radius 1 is 1.50 bits per heavy atom. The molecule has 2 rings (SSSR count). The van der Waals surface area contributed by atoms with Crippen LogP contribution in [0.2, 0.25) is 0 Å². The zero-order valence-corrected chi connectivity index (χ0v) is 11.5. The standard InChI is InChI=1S/C14H17NO5/c1-15-9(6-7-12(16)17)8-20-13-10(14(18)19-2)4-3-5-11(13)15/h3-5,9H,6-8H2,1-2H3,(H,16,17). The molecule has 1 N–H and O–H groups in total. The maximum atomic E-state index is 11.7. The lowest BCUT2D eigenvalue weighted by Crippen LogP contribution is -2.41. The van der Waals surface area contributed by atoms with E-state index >= 15 is 0 Å². The molecule has 0 aliphatic carbocycles. The van der Waals surface area contributed by atoms with E-state index in [1.807, 2.05) is 18.0 Å². The van der Waals surface area contributed by atoms with Crippen LogP contribution in [0, 0.1) is 0 Å². The molecule has 0 saturated carbocycles. The molecule has 0 spiro atoms. The number of rotatable bonds is 4. The first-order valence-corrected chi connectivity index (χ1v) is 6.33. The van der Waals surface area contributed by atoms with E-state index in [1.165, 1.54) is 7.11 Å². The smallest absolute Gasteiger partial charge is 0.341 e. The van der Waals surface area contributed by atoms with Crippen LogP contribution >= 0.6 is 0 Å². The number of nitrogens with zero attached hydrogens (tertiary/aromatic N) is 1. The molecule has 0 aromatic heterocycles. The maximum absolute atomic E-state index is 11.7. The average molecular weight is 279 g/mol. The van der Waals surface area contributed by atoms with Gasteiger partial charge in [-0.05, 0) is 18.6 Å². The fraction of sp³-hybridized carbons (Fsp3) is 0.429. The van der Waals surface area contributed by atoms with E-state index < -0.39 is 11.9 Å². The zero-order valence-electron chi connectivity index (χ0n) is 11.5. The number of fused-ring (bicyclic) bond motifs is 1. The van der Waals surface area contributed by atoms with Gasteiger partial charge in [-0.2, -0.15) is 0 Å². The molecule has 108 valence electrons. The van der Waals surface area contributed by atoms with E-state index in [-0.39, 0.29) is 12.5 Å². The fourth-order valence-corrected chi connectivity index (χ4v) is 2.28. The third-order valence-electron chi connectivity index (χ3n) is 3.44. The Morgan fingerprint density at radius 3 is 2.90 bits per heavy atom. The van der Waals surface area contributed by atoms with E-state index in [4.69, 9.17) is 14.6 Å². The second-order valence-electron chi connectivity index (χ2n) is 4.65. The molecule has 1 aliphatic rings. The lowest BCUT2D eigenvalue weighted by molar-refractivity contribution is -0.137. The van der Waals surface area contributed by atoms with Gasteiger partial charge in [0.05, 0.1) is 18.8 Å². The number of ether oxygens (including phenoxy) is 2. The number of benzene rings is 1. The molecule has 6 heteroatoms. The van der Waals surface area contributed by atoms with Crippen molar-refractivity contribution in [3.05, 3.63) is 23.8 Å². The van der Waals surface area contributed by atoms with Crippen molar-refractivity contribution < 1.29 is 24.2 Å². The van der Waals surface area contributed by atoms with Crippen molar-refractivity contribution in [1.82, 2.24) is 0 Å². The summed E-state index contributed by atoms with van der Waals surface area (Å²) in [6.45, 7) is 0.352. The van der Waals surface area contributed by atoms with Gasteiger partial charge in [0.25, 0.3) is 0 Å². The molecule has 20 heavy (non-hydrogen) atoms. The molecule has 0 saturated heterocycles. The lowest BCUT2D eigenvalue weighted by atomic mass is 10.1. The van der Waals surface area contributed by atoms with E-state index in [1.54, 1.807) is 12.1 Å². The van der Waals surface area contributed by atoms with Gasteiger partial charge < -0.3 is 19.5 Å². The highest BCUT2D eigenvalue weighted by molar-refractivity contribution is 5.95. The number of anilines is 1. The van der Waals surface area contributed by atoms with Crippen LogP contribution in [0.3, 0.4) is 0 Å². The molecule has 1 aromatic rings. The number of esters is 1.